The highest BCUT2D eigenvalue weighted by Crippen LogP contribution is 2.08. The summed E-state index contributed by atoms with van der Waals surface area (Å²) in [5, 5.41) is 14.3. The Morgan fingerprint density at radius 1 is 1.32 bits per heavy atom. The summed E-state index contributed by atoms with van der Waals surface area (Å²) >= 11 is 0. The van der Waals surface area contributed by atoms with Crippen LogP contribution in [-0.2, 0) is 9.59 Å². The normalized spacial score (nSPS) is 12.8. The van der Waals surface area contributed by atoms with Crippen LogP contribution in [0, 0.1) is 11.3 Å². The van der Waals surface area contributed by atoms with Gasteiger partial charge in [0.1, 0.15) is 0 Å². The maximum absolute atomic E-state index is 12.2. The number of carbonyl (C=O) groups is 2. The molecule has 118 valence electrons. The molecule has 6 nitrogen and oxygen atoms in total. The molecule has 0 fully saturated rings. The first-order chi connectivity index (χ1) is 10.5. The van der Waals surface area contributed by atoms with Crippen LogP contribution in [-0.4, -0.2) is 38.0 Å². The molecule has 0 aliphatic rings. The molecule has 3 N–H and O–H groups in total. The molecule has 0 aliphatic heterocycles. The molecule has 0 bridgehead atoms. The van der Waals surface area contributed by atoms with E-state index in [0.29, 0.717) is 17.8 Å². The van der Waals surface area contributed by atoms with Gasteiger partial charge in [0.25, 0.3) is 11.8 Å². The van der Waals surface area contributed by atoms with Crippen LogP contribution in [0.15, 0.2) is 24.3 Å². The summed E-state index contributed by atoms with van der Waals surface area (Å²) in [4.78, 5) is 24.7. The molecule has 0 saturated carbocycles. The van der Waals surface area contributed by atoms with Crippen molar-refractivity contribution in [1.82, 2.24) is 5.32 Å². The first kappa shape index (κ1) is 17.7. The summed E-state index contributed by atoms with van der Waals surface area (Å²) in [7, 11) is 1.81. The first-order valence-corrected chi connectivity index (χ1v) is 7.38. The largest absolute Gasteiger partial charge is 0.351 e. The first-order valence-electron chi connectivity index (χ1n) is 7.38. The number of benzene rings is 1. The topological polar surface area (TPSA) is 86.4 Å². The van der Waals surface area contributed by atoms with Crippen LogP contribution in [0.2, 0.25) is 0 Å². The quantitative estimate of drug-likeness (QED) is 0.659. The lowest BCUT2D eigenvalue weighted by Crippen LogP contribution is -3.15. The van der Waals surface area contributed by atoms with Gasteiger partial charge in [-0.05, 0) is 37.6 Å². The Morgan fingerprint density at radius 3 is 2.50 bits per heavy atom. The Morgan fingerprint density at radius 2 is 1.95 bits per heavy atom. The van der Waals surface area contributed by atoms with Gasteiger partial charge in [0.2, 0.25) is 0 Å². The fourth-order valence-corrected chi connectivity index (χ4v) is 1.84. The van der Waals surface area contributed by atoms with Crippen LogP contribution in [0.4, 0.5) is 5.69 Å². The molecule has 22 heavy (non-hydrogen) atoms. The molecule has 0 saturated heterocycles. The van der Waals surface area contributed by atoms with Gasteiger partial charge in [0, 0.05) is 12.2 Å². The minimum Gasteiger partial charge on any atom is -0.351 e. The number of nitrogens with zero attached hydrogens (tertiary/aromatic N) is 1. The van der Waals surface area contributed by atoms with Gasteiger partial charge in [-0.25, -0.2) is 0 Å². The Bertz CT molecular complexity index is 548. The average molecular weight is 303 g/mol. The van der Waals surface area contributed by atoms with Crippen LogP contribution < -0.4 is 15.5 Å². The third-order valence-corrected chi connectivity index (χ3v) is 3.43. The summed E-state index contributed by atoms with van der Waals surface area (Å²) in [6.07, 6.45) is 0.888. The van der Waals surface area contributed by atoms with Crippen molar-refractivity contribution >= 4 is 17.5 Å². The van der Waals surface area contributed by atoms with Gasteiger partial charge in [-0.3, -0.25) is 9.59 Å². The molecule has 0 spiro atoms. The van der Waals surface area contributed by atoms with Crippen molar-refractivity contribution in [3.05, 3.63) is 29.8 Å². The monoisotopic (exact) mass is 303 g/mol. The van der Waals surface area contributed by atoms with Crippen molar-refractivity contribution < 1.29 is 14.5 Å². The summed E-state index contributed by atoms with van der Waals surface area (Å²) < 4.78 is 0. The van der Waals surface area contributed by atoms with Gasteiger partial charge < -0.3 is 15.5 Å². The van der Waals surface area contributed by atoms with Crippen LogP contribution in [0.25, 0.3) is 0 Å². The van der Waals surface area contributed by atoms with Crippen LogP contribution in [0.1, 0.15) is 25.8 Å². The number of nitrogens with one attached hydrogen (secondary N) is 3. The molecule has 2 atom stereocenters. The summed E-state index contributed by atoms with van der Waals surface area (Å²) in [6.45, 7) is 4.67. The molecule has 1 unspecified atom stereocenters. The minimum absolute atomic E-state index is 0.0580. The van der Waals surface area contributed by atoms with E-state index in [1.54, 1.807) is 31.2 Å². The molecule has 0 aliphatic carbocycles. The van der Waals surface area contributed by atoms with E-state index in [0.717, 1.165) is 11.3 Å². The third kappa shape index (κ3) is 5.54. The second kappa shape index (κ2) is 8.80. The predicted octanol–water partition coefficient (Wildman–Crippen LogP) is -0.0738. The van der Waals surface area contributed by atoms with E-state index in [-0.39, 0.29) is 24.4 Å². The zero-order valence-electron chi connectivity index (χ0n) is 13.3. The molecular weight excluding hydrogens is 280 g/mol. The predicted molar refractivity (Wildman–Crippen MR) is 84.3 cm³/mol. The molecule has 1 rings (SSSR count). The van der Waals surface area contributed by atoms with Crippen molar-refractivity contribution in [1.29, 1.82) is 5.26 Å². The Labute approximate surface area is 131 Å². The molecule has 2 amide bonds. The van der Waals surface area contributed by atoms with E-state index in [9.17, 15) is 9.59 Å². The van der Waals surface area contributed by atoms with Crippen LogP contribution in [0.3, 0.4) is 0 Å². The number of carbonyl (C=O) groups excluding carboxylic acids is 2. The van der Waals surface area contributed by atoms with Gasteiger partial charge >= 0.3 is 0 Å². The van der Waals surface area contributed by atoms with Crippen molar-refractivity contribution in [2.24, 2.45) is 0 Å². The maximum atomic E-state index is 12.2. The molecule has 1 aromatic carbocycles. The second-order valence-electron chi connectivity index (χ2n) is 5.27. The van der Waals surface area contributed by atoms with Crippen molar-refractivity contribution in [2.45, 2.75) is 26.3 Å². The molecule has 0 heterocycles. The van der Waals surface area contributed by atoms with Crippen molar-refractivity contribution in [3.8, 4) is 6.07 Å². The average Bonchev–Trinajstić information content (AvgIpc) is 2.52. The highest BCUT2D eigenvalue weighted by Gasteiger charge is 2.23. The van der Waals surface area contributed by atoms with Crippen LogP contribution in [0.5, 0.6) is 0 Å². The van der Waals surface area contributed by atoms with E-state index in [1.807, 2.05) is 20.0 Å². The number of hydrogen-bond donors (Lipinski definition) is 3. The van der Waals surface area contributed by atoms with Crippen molar-refractivity contribution in [2.75, 3.05) is 25.5 Å². The number of hydrogen-bond acceptors (Lipinski definition) is 3. The van der Waals surface area contributed by atoms with E-state index < -0.39 is 0 Å². The second-order valence-corrected chi connectivity index (χ2v) is 5.27. The van der Waals surface area contributed by atoms with Gasteiger partial charge in [-0.1, -0.05) is 6.92 Å². The standard InChI is InChI=1S/C16H22N4O2/c1-4-9-18-15(21)11-20(3)12(2)16(22)19-14-7-5-13(10-17)6-8-14/h5-8,12H,4,9,11H2,1-3H3,(H,18,21)(H,19,22)/p+1/t12-/m1/s1. The Balaban J connectivity index is 2.52. The zero-order valence-corrected chi connectivity index (χ0v) is 13.3. The highest BCUT2D eigenvalue weighted by molar-refractivity contribution is 5.93. The van der Waals surface area contributed by atoms with Gasteiger partial charge in [-0.15, -0.1) is 0 Å². The molecule has 0 radical (unpaired) electrons. The lowest BCUT2D eigenvalue weighted by Gasteiger charge is -2.20. The summed E-state index contributed by atoms with van der Waals surface area (Å²) in [5.74, 6) is -0.220. The van der Waals surface area contributed by atoms with Crippen LogP contribution >= 0.6 is 0 Å². The number of likely N-dealkylation sites (N-methyl/N-ethyl adjacent to an activating group) is 1. The smallest absolute Gasteiger partial charge is 0.282 e. The van der Waals surface area contributed by atoms with Crippen molar-refractivity contribution in [3.63, 3.8) is 0 Å². The van der Waals surface area contributed by atoms with E-state index in [4.69, 9.17) is 5.26 Å². The van der Waals surface area contributed by atoms with Gasteiger partial charge in [0.15, 0.2) is 12.6 Å². The van der Waals surface area contributed by atoms with E-state index in [2.05, 4.69) is 10.6 Å². The molecular formula is C16H23N4O2+. The zero-order chi connectivity index (χ0) is 16.5. The lowest BCUT2D eigenvalue weighted by molar-refractivity contribution is -0.885. The number of anilines is 1. The summed E-state index contributed by atoms with van der Waals surface area (Å²) in [5.41, 5.74) is 1.18. The Kier molecular flexibility index (Phi) is 7.06. The number of rotatable bonds is 7. The van der Waals surface area contributed by atoms with E-state index >= 15 is 0 Å². The minimum atomic E-state index is -0.358. The fraction of sp³-hybridized carbons (Fsp3) is 0.438. The van der Waals surface area contributed by atoms with E-state index in [1.165, 1.54) is 0 Å². The SMILES string of the molecule is CCCNC(=O)C[NH+](C)[C@H](C)C(=O)Nc1ccc(C#N)cc1. The third-order valence-electron chi connectivity index (χ3n) is 3.43. The highest BCUT2D eigenvalue weighted by atomic mass is 16.2. The molecule has 1 aromatic rings. The Hall–Kier alpha value is -2.39. The molecule has 6 heteroatoms. The lowest BCUT2D eigenvalue weighted by atomic mass is 10.2. The van der Waals surface area contributed by atoms with Gasteiger partial charge in [-0.2, -0.15) is 5.26 Å². The fourth-order valence-electron chi connectivity index (χ4n) is 1.84. The maximum Gasteiger partial charge on any atom is 0.282 e. The number of amides is 2. The molecule has 0 aromatic heterocycles. The number of nitriles is 1. The summed E-state index contributed by atoms with van der Waals surface area (Å²) in [6, 6.07) is 8.34. The van der Waals surface area contributed by atoms with Gasteiger partial charge in [0.05, 0.1) is 18.7 Å². The number of quaternary nitrogens is 1.